The van der Waals surface area contributed by atoms with Gasteiger partial charge >= 0.3 is 0 Å². The van der Waals surface area contributed by atoms with Gasteiger partial charge in [0.1, 0.15) is 60.1 Å². The maximum atomic E-state index is 14.9. The Morgan fingerprint density at radius 3 is 1.28 bits per heavy atom. The lowest BCUT2D eigenvalue weighted by molar-refractivity contribution is -0.136. The van der Waals surface area contributed by atoms with E-state index in [-0.39, 0.29) is 102 Å². The molecule has 14 amide bonds. The molecule has 0 aliphatic rings. The third-order valence-corrected chi connectivity index (χ3v) is 18.1. The van der Waals surface area contributed by atoms with Crippen LogP contribution >= 0.6 is 0 Å². The number of rotatable bonds is 48. The van der Waals surface area contributed by atoms with Gasteiger partial charge in [0.2, 0.25) is 82.7 Å². The van der Waals surface area contributed by atoms with E-state index in [2.05, 4.69) is 68.5 Å². The molecule has 0 radical (unpaired) electrons. The Labute approximate surface area is 614 Å². The van der Waals surface area contributed by atoms with Gasteiger partial charge in [-0.1, -0.05) is 89.1 Å². The molecule has 106 heavy (non-hydrogen) atoms. The number of phenolic OH excluding ortho intramolecular Hbond substituents is 1. The standard InChI is InChI=1S/C72H105N19O15/c1-5-40(3)21-28-61(96)84-57(35-59(77)94)71(105)88-54(32-42-22-24-45(92)25-23-42)68(102)90-56(34-44-37-80-49-17-10-8-15-47(44)49)69(103)86-52(20-13-31-75)66(100)85-50(18-11-29-73)64(98)82-39-62(97)83-51(19-12-30-74)65(99)89-55(33-43-36-79-48-16-9-7-14-46(43)48)70(104)87-53(26-27-58(76)93)67(101)91-63(41(4)6-2)72(106)81-38-60(78)95/h7-10,14-17,22-25,36-37,40-41,50-57,63,79-80,92H,5-6,11-13,18-21,26-35,38-39,73-75H2,1-4H3,(H2,76,93)(H2,77,94)(H2,78,95)(H,81,106)(H,82,98)(H,83,97)(H,84,96)(H,85,100)(H,86,103)(H,87,104)(H,88,105)(H,89,99)(H,90,102)(H,91,101)/t40?,41-,50-,51+,52+,53-,54+,55-,56+,57+,63-/m0/s1. The maximum absolute atomic E-state index is 14.9. The maximum Gasteiger partial charge on any atom is 0.243 e. The predicted octanol–water partition coefficient (Wildman–Crippen LogP) is -2.31. The molecule has 2 aromatic heterocycles. The van der Waals surface area contributed by atoms with Crippen LogP contribution in [0.3, 0.4) is 0 Å². The second-order valence-corrected chi connectivity index (χ2v) is 26.4. The van der Waals surface area contributed by atoms with Crippen molar-refractivity contribution in [2.75, 3.05) is 32.7 Å². The number of nitrogens with two attached hydrogens (primary N) is 6. The summed E-state index contributed by atoms with van der Waals surface area (Å²) in [5.74, 6) is -12.4. The highest BCUT2D eigenvalue weighted by Gasteiger charge is 2.37. The van der Waals surface area contributed by atoms with Crippen LogP contribution in [0, 0.1) is 11.8 Å². The monoisotopic (exact) mass is 1480 g/mol. The topological polar surface area (TPSA) is 579 Å². The minimum atomic E-state index is -1.52. The smallest absolute Gasteiger partial charge is 0.243 e. The van der Waals surface area contributed by atoms with Crippen molar-refractivity contribution in [3.8, 4) is 5.75 Å². The number of carbonyl (C=O) groups is 14. The number of amides is 14. The van der Waals surface area contributed by atoms with Crippen LogP contribution in [0.1, 0.15) is 128 Å². The first kappa shape index (κ1) is 85.6. The number of benzene rings is 3. The fraction of sp³-hybridized carbons (Fsp3) is 0.500. The van der Waals surface area contributed by atoms with E-state index in [1.807, 2.05) is 13.8 Å². The Morgan fingerprint density at radius 1 is 0.406 bits per heavy atom. The van der Waals surface area contributed by atoms with E-state index in [1.165, 1.54) is 24.3 Å². The summed E-state index contributed by atoms with van der Waals surface area (Å²) in [6.45, 7) is 6.17. The molecule has 0 aliphatic heterocycles. The molecule has 5 rings (SSSR count). The molecule has 0 saturated carbocycles. The van der Waals surface area contributed by atoms with Crippen LogP contribution in [-0.4, -0.2) is 185 Å². The second-order valence-electron chi connectivity index (χ2n) is 26.4. The Bertz CT molecular complexity index is 3830. The number of hydrogen-bond donors (Lipinski definition) is 20. The lowest BCUT2D eigenvalue weighted by Gasteiger charge is -2.28. The van der Waals surface area contributed by atoms with Crippen molar-refractivity contribution in [3.63, 3.8) is 0 Å². The van der Waals surface area contributed by atoms with Crippen LogP contribution < -0.4 is 92.9 Å². The number of para-hydroxylation sites is 2. The molecule has 34 nitrogen and oxygen atoms in total. The Balaban J connectivity index is 1.38. The van der Waals surface area contributed by atoms with Gasteiger partial charge in [-0.15, -0.1) is 0 Å². The summed E-state index contributed by atoms with van der Waals surface area (Å²) in [4.78, 5) is 198. The number of aromatic amines is 2. The van der Waals surface area contributed by atoms with E-state index in [0.29, 0.717) is 51.3 Å². The number of nitrogens with one attached hydrogen (secondary N) is 13. The number of hydrogen-bond acceptors (Lipinski definition) is 18. The molecule has 578 valence electrons. The molecule has 0 saturated heterocycles. The number of fused-ring (bicyclic) bond motifs is 2. The third kappa shape index (κ3) is 28.2. The van der Waals surface area contributed by atoms with Gasteiger partial charge in [0.15, 0.2) is 0 Å². The first-order valence-electron chi connectivity index (χ1n) is 35.7. The zero-order valence-corrected chi connectivity index (χ0v) is 60.4. The summed E-state index contributed by atoms with van der Waals surface area (Å²) in [7, 11) is 0. The number of carbonyl (C=O) groups excluding carboxylic acids is 14. The molecule has 1 unspecified atom stereocenters. The predicted molar refractivity (Wildman–Crippen MR) is 394 cm³/mol. The summed E-state index contributed by atoms with van der Waals surface area (Å²) in [6.07, 6.45) is 3.15. The number of phenols is 1. The number of aromatic hydroxyl groups is 1. The van der Waals surface area contributed by atoms with Crippen molar-refractivity contribution in [2.45, 2.75) is 185 Å². The van der Waals surface area contributed by atoms with E-state index in [9.17, 15) is 72.2 Å². The van der Waals surface area contributed by atoms with Crippen LogP contribution in [0.4, 0.5) is 0 Å². The number of H-pyrrole nitrogens is 2. The van der Waals surface area contributed by atoms with Gasteiger partial charge in [0.25, 0.3) is 0 Å². The summed E-state index contributed by atoms with van der Waals surface area (Å²) in [6, 6.07) is 6.93. The highest BCUT2D eigenvalue weighted by atomic mass is 16.3. The quantitative estimate of drug-likeness (QED) is 0.0195. The highest BCUT2D eigenvalue weighted by Crippen LogP contribution is 2.23. The van der Waals surface area contributed by atoms with E-state index in [0.717, 1.165) is 6.42 Å². The van der Waals surface area contributed by atoms with Crippen LogP contribution in [0.15, 0.2) is 85.2 Å². The Hall–Kier alpha value is -11.0. The fourth-order valence-corrected chi connectivity index (χ4v) is 11.5. The minimum Gasteiger partial charge on any atom is -0.508 e. The van der Waals surface area contributed by atoms with Gasteiger partial charge in [-0.05, 0) is 124 Å². The van der Waals surface area contributed by atoms with Crippen molar-refractivity contribution < 1.29 is 72.2 Å². The summed E-state index contributed by atoms with van der Waals surface area (Å²) < 4.78 is 0. The van der Waals surface area contributed by atoms with Crippen LogP contribution in [-0.2, 0) is 86.4 Å². The lowest BCUT2D eigenvalue weighted by Crippen LogP contribution is -2.60. The molecule has 26 N–H and O–H groups in total. The zero-order chi connectivity index (χ0) is 78.0. The zero-order valence-electron chi connectivity index (χ0n) is 60.4. The molecule has 3 aromatic carbocycles. The van der Waals surface area contributed by atoms with Gasteiger partial charge in [-0.2, -0.15) is 0 Å². The van der Waals surface area contributed by atoms with Crippen LogP contribution in [0.25, 0.3) is 21.8 Å². The second kappa shape index (κ2) is 44.0. The molecular weight excluding hydrogens is 1370 g/mol. The minimum absolute atomic E-state index is 0.0307. The SMILES string of the molecule is CCC(C)CCC(=O)N[C@H](CC(N)=O)C(=O)N[C@H](Cc1ccc(O)cc1)C(=O)N[C@H](Cc1c[nH]c2ccccc12)C(=O)N[C@H](CCCN)C(=O)N[C@@H](CCCN)C(=O)NCC(=O)N[C@H](CCCN)C(=O)N[C@@H](Cc1c[nH]c2ccccc12)C(=O)N[C@@H](CCC(N)=O)C(=O)N[C@H](C(=O)NCC(N)=O)[C@@H](C)CC. The summed E-state index contributed by atoms with van der Waals surface area (Å²) in [5, 5.41) is 40.1. The van der Waals surface area contributed by atoms with Gasteiger partial charge in [-0.25, -0.2) is 0 Å². The van der Waals surface area contributed by atoms with Crippen molar-refractivity contribution in [2.24, 2.45) is 46.2 Å². The molecule has 34 heteroatoms. The molecule has 0 bridgehead atoms. The lowest BCUT2D eigenvalue weighted by atomic mass is 9.97. The van der Waals surface area contributed by atoms with Crippen LogP contribution in [0.5, 0.6) is 5.75 Å². The fourth-order valence-electron chi connectivity index (χ4n) is 11.5. The number of primary amides is 3. The average Bonchev–Trinajstić information content (AvgIpc) is 1.65. The average molecular weight is 1480 g/mol. The molecule has 0 spiro atoms. The van der Waals surface area contributed by atoms with Gasteiger partial charge in [-0.3, -0.25) is 67.1 Å². The van der Waals surface area contributed by atoms with Gasteiger partial charge < -0.3 is 108 Å². The normalized spacial score (nSPS) is 14.3. The molecule has 0 fully saturated rings. The van der Waals surface area contributed by atoms with Crippen LogP contribution in [0.2, 0.25) is 0 Å². The molecule has 0 aliphatic carbocycles. The van der Waals surface area contributed by atoms with Crippen molar-refractivity contribution >= 4 is 105 Å². The first-order valence-corrected chi connectivity index (χ1v) is 35.7. The molecule has 5 aromatic rings. The largest absolute Gasteiger partial charge is 0.508 e. The van der Waals surface area contributed by atoms with E-state index >= 15 is 0 Å². The third-order valence-electron chi connectivity index (χ3n) is 18.1. The summed E-state index contributed by atoms with van der Waals surface area (Å²) >= 11 is 0. The van der Waals surface area contributed by atoms with Crippen molar-refractivity contribution in [1.82, 2.24) is 68.5 Å². The number of aromatic nitrogens is 2. The molecule has 11 atom stereocenters. The highest BCUT2D eigenvalue weighted by molar-refractivity contribution is 6.00. The van der Waals surface area contributed by atoms with Gasteiger partial charge in [0.05, 0.1) is 19.5 Å². The van der Waals surface area contributed by atoms with Gasteiger partial charge in [0, 0.05) is 66.3 Å². The Morgan fingerprint density at radius 2 is 0.821 bits per heavy atom. The molecular formula is C72H105N19O15. The first-order chi connectivity index (χ1) is 50.6. The van der Waals surface area contributed by atoms with E-state index in [4.69, 9.17) is 34.4 Å². The van der Waals surface area contributed by atoms with E-state index < -0.39 is 169 Å². The summed E-state index contributed by atoms with van der Waals surface area (Å²) in [5.41, 5.74) is 36.9. The van der Waals surface area contributed by atoms with E-state index in [1.54, 1.807) is 74.8 Å². The van der Waals surface area contributed by atoms with Crippen molar-refractivity contribution in [1.29, 1.82) is 0 Å². The Kier molecular flexibility index (Phi) is 35.5. The molecule has 2 heterocycles. The van der Waals surface area contributed by atoms with Crippen molar-refractivity contribution in [3.05, 3.63) is 102 Å².